The van der Waals surface area contributed by atoms with Gasteiger partial charge in [-0.25, -0.2) is 8.42 Å². The van der Waals surface area contributed by atoms with Crippen molar-refractivity contribution in [2.24, 2.45) is 0 Å². The van der Waals surface area contributed by atoms with E-state index in [1.807, 2.05) is 0 Å². The Bertz CT molecular complexity index is 297. The van der Waals surface area contributed by atoms with Gasteiger partial charge < -0.3 is 0 Å². The number of nitrogens with zero attached hydrogens (tertiary/aromatic N) is 1. The SMILES string of the molecule is O=S(=O)(C1CC1)N1C2CCCC21. The molecule has 68 valence electrons. The van der Waals surface area contributed by atoms with Crippen molar-refractivity contribution in [3.05, 3.63) is 0 Å². The van der Waals surface area contributed by atoms with Gasteiger partial charge in [-0.15, -0.1) is 0 Å². The van der Waals surface area contributed by atoms with Gasteiger partial charge >= 0.3 is 0 Å². The molecule has 2 aliphatic carbocycles. The molecule has 3 rings (SSSR count). The molecular formula is C8H13NO2S. The van der Waals surface area contributed by atoms with E-state index in [-0.39, 0.29) is 5.25 Å². The van der Waals surface area contributed by atoms with E-state index in [0.29, 0.717) is 12.1 Å². The van der Waals surface area contributed by atoms with Crippen LogP contribution >= 0.6 is 0 Å². The molecule has 0 amide bonds. The Labute approximate surface area is 72.8 Å². The molecule has 0 aromatic carbocycles. The van der Waals surface area contributed by atoms with Gasteiger partial charge in [0.15, 0.2) is 0 Å². The van der Waals surface area contributed by atoms with Crippen LogP contribution in [-0.4, -0.2) is 30.1 Å². The van der Waals surface area contributed by atoms with Crippen molar-refractivity contribution in [1.82, 2.24) is 4.31 Å². The molecule has 3 nitrogen and oxygen atoms in total. The summed E-state index contributed by atoms with van der Waals surface area (Å²) < 4.78 is 25.2. The second-order valence-corrected chi connectivity index (χ2v) is 6.26. The summed E-state index contributed by atoms with van der Waals surface area (Å²) in [6.45, 7) is 0. The van der Waals surface area contributed by atoms with Gasteiger partial charge in [0, 0.05) is 12.1 Å². The Balaban J connectivity index is 1.83. The van der Waals surface area contributed by atoms with Crippen molar-refractivity contribution < 1.29 is 8.42 Å². The number of rotatable bonds is 2. The predicted octanol–water partition coefficient (Wildman–Crippen LogP) is 0.715. The first kappa shape index (κ1) is 7.33. The zero-order valence-electron chi connectivity index (χ0n) is 6.94. The molecule has 0 aromatic heterocycles. The lowest BCUT2D eigenvalue weighted by molar-refractivity contribution is 0.516. The summed E-state index contributed by atoms with van der Waals surface area (Å²) in [6, 6.07) is 0.825. The van der Waals surface area contributed by atoms with Gasteiger partial charge in [-0.2, -0.15) is 4.31 Å². The third-order valence-corrected chi connectivity index (χ3v) is 5.69. The van der Waals surface area contributed by atoms with Gasteiger partial charge in [0.1, 0.15) is 0 Å². The molecule has 4 heteroatoms. The molecule has 0 spiro atoms. The fourth-order valence-corrected chi connectivity index (χ4v) is 4.67. The standard InChI is InChI=1S/C8H13NO2S/c10-12(11,6-4-5-6)9-7-2-1-3-8(7)9/h6-8H,1-5H2. The highest BCUT2D eigenvalue weighted by Gasteiger charge is 2.60. The summed E-state index contributed by atoms with van der Waals surface area (Å²) in [5, 5.41) is 0.00287. The normalized spacial score (nSPS) is 45.8. The van der Waals surface area contributed by atoms with Crippen LogP contribution in [0.5, 0.6) is 0 Å². The second kappa shape index (κ2) is 2.04. The average molecular weight is 187 g/mol. The van der Waals surface area contributed by atoms with E-state index in [1.165, 1.54) is 6.42 Å². The van der Waals surface area contributed by atoms with Gasteiger partial charge in [-0.05, 0) is 25.7 Å². The van der Waals surface area contributed by atoms with Crippen molar-refractivity contribution in [3.63, 3.8) is 0 Å². The first-order valence-electron chi connectivity index (χ1n) is 4.73. The van der Waals surface area contributed by atoms with E-state index in [0.717, 1.165) is 25.7 Å². The van der Waals surface area contributed by atoms with Crippen LogP contribution in [0.3, 0.4) is 0 Å². The van der Waals surface area contributed by atoms with Crippen LogP contribution in [0.1, 0.15) is 32.1 Å². The molecule has 3 aliphatic rings. The highest BCUT2D eigenvalue weighted by Crippen LogP contribution is 2.48. The van der Waals surface area contributed by atoms with E-state index >= 15 is 0 Å². The Kier molecular flexibility index (Phi) is 1.25. The number of hydrogen-bond acceptors (Lipinski definition) is 2. The summed E-state index contributed by atoms with van der Waals surface area (Å²) in [7, 11) is -2.82. The van der Waals surface area contributed by atoms with Crippen LogP contribution in [-0.2, 0) is 10.0 Å². The fourth-order valence-electron chi connectivity index (χ4n) is 2.40. The number of hydrogen-bond donors (Lipinski definition) is 0. The first-order chi connectivity index (χ1) is 5.71. The van der Waals surface area contributed by atoms with E-state index in [2.05, 4.69) is 0 Å². The second-order valence-electron chi connectivity index (χ2n) is 4.14. The molecule has 12 heavy (non-hydrogen) atoms. The maximum absolute atomic E-state index is 11.7. The van der Waals surface area contributed by atoms with Crippen molar-refractivity contribution in [1.29, 1.82) is 0 Å². The van der Waals surface area contributed by atoms with Crippen molar-refractivity contribution in [2.75, 3.05) is 0 Å². The number of fused-ring (bicyclic) bond motifs is 1. The monoisotopic (exact) mass is 187 g/mol. The van der Waals surface area contributed by atoms with Gasteiger partial charge in [-0.3, -0.25) is 0 Å². The van der Waals surface area contributed by atoms with Crippen molar-refractivity contribution in [3.8, 4) is 0 Å². The van der Waals surface area contributed by atoms with Crippen molar-refractivity contribution >= 4 is 10.0 Å². The topological polar surface area (TPSA) is 37.1 Å². The highest BCUT2D eigenvalue weighted by molar-refractivity contribution is 7.90. The molecule has 2 unspecified atom stereocenters. The fraction of sp³-hybridized carbons (Fsp3) is 1.00. The molecule has 0 bridgehead atoms. The van der Waals surface area contributed by atoms with Crippen LogP contribution in [0, 0.1) is 0 Å². The van der Waals surface area contributed by atoms with E-state index in [1.54, 1.807) is 4.31 Å². The van der Waals surface area contributed by atoms with Crippen LogP contribution in [0.4, 0.5) is 0 Å². The molecule has 1 saturated heterocycles. The summed E-state index contributed by atoms with van der Waals surface area (Å²) >= 11 is 0. The third kappa shape index (κ3) is 0.823. The highest BCUT2D eigenvalue weighted by atomic mass is 32.2. The average Bonchev–Trinajstić information content (AvgIpc) is 2.90. The summed E-state index contributed by atoms with van der Waals surface area (Å²) in [5.74, 6) is 0. The molecule has 0 aromatic rings. The van der Waals surface area contributed by atoms with Gasteiger partial charge in [-0.1, -0.05) is 6.42 Å². The van der Waals surface area contributed by atoms with Crippen LogP contribution < -0.4 is 0 Å². The molecule has 0 radical (unpaired) electrons. The van der Waals surface area contributed by atoms with Crippen LogP contribution in [0.15, 0.2) is 0 Å². The Morgan fingerprint density at radius 1 is 1.00 bits per heavy atom. The summed E-state index contributed by atoms with van der Waals surface area (Å²) in [6.07, 6.45) is 5.25. The summed E-state index contributed by atoms with van der Waals surface area (Å²) in [5.41, 5.74) is 0. The lowest BCUT2D eigenvalue weighted by Crippen LogP contribution is -2.21. The zero-order valence-corrected chi connectivity index (χ0v) is 7.76. The minimum absolute atomic E-state index is 0.00287. The number of sulfonamides is 1. The van der Waals surface area contributed by atoms with Crippen LogP contribution in [0.25, 0.3) is 0 Å². The Morgan fingerprint density at radius 3 is 2.08 bits per heavy atom. The molecule has 2 atom stereocenters. The minimum atomic E-state index is -2.82. The first-order valence-corrected chi connectivity index (χ1v) is 6.24. The van der Waals surface area contributed by atoms with E-state index in [9.17, 15) is 8.42 Å². The molecule has 1 heterocycles. The zero-order chi connectivity index (χ0) is 8.34. The van der Waals surface area contributed by atoms with Gasteiger partial charge in [0.2, 0.25) is 10.0 Å². The minimum Gasteiger partial charge on any atom is -0.212 e. The maximum Gasteiger partial charge on any atom is 0.217 e. The maximum atomic E-state index is 11.7. The molecule has 3 fully saturated rings. The summed E-state index contributed by atoms with van der Waals surface area (Å²) in [4.78, 5) is 0. The predicted molar refractivity (Wildman–Crippen MR) is 45.2 cm³/mol. The molecule has 1 aliphatic heterocycles. The van der Waals surface area contributed by atoms with Gasteiger partial charge in [0.05, 0.1) is 5.25 Å². The Morgan fingerprint density at radius 2 is 1.58 bits per heavy atom. The Hall–Kier alpha value is -0.0900. The lowest BCUT2D eigenvalue weighted by Gasteiger charge is -2.06. The van der Waals surface area contributed by atoms with Gasteiger partial charge in [0.25, 0.3) is 0 Å². The van der Waals surface area contributed by atoms with Crippen molar-refractivity contribution in [2.45, 2.75) is 49.4 Å². The van der Waals surface area contributed by atoms with Crippen LogP contribution in [0.2, 0.25) is 0 Å². The smallest absolute Gasteiger partial charge is 0.212 e. The molecule has 2 saturated carbocycles. The van der Waals surface area contributed by atoms with E-state index in [4.69, 9.17) is 0 Å². The third-order valence-electron chi connectivity index (χ3n) is 3.25. The number of piperidine rings is 1. The lowest BCUT2D eigenvalue weighted by atomic mass is 10.3. The molecular weight excluding hydrogens is 174 g/mol. The quantitative estimate of drug-likeness (QED) is 0.597. The molecule has 0 N–H and O–H groups in total. The van der Waals surface area contributed by atoms with E-state index < -0.39 is 10.0 Å². The largest absolute Gasteiger partial charge is 0.217 e.